The topological polar surface area (TPSA) is 50.4 Å². The first kappa shape index (κ1) is 15.7. The average Bonchev–Trinajstić information content (AvgIpc) is 2.25. The van der Waals surface area contributed by atoms with E-state index in [1.54, 1.807) is 18.2 Å². The molecule has 7 heteroatoms. The molecule has 19 heavy (non-hydrogen) atoms. The summed E-state index contributed by atoms with van der Waals surface area (Å²) in [6.45, 7) is -1.34. The molecule has 0 bridgehead atoms. The van der Waals surface area contributed by atoms with E-state index >= 15 is 0 Å². The van der Waals surface area contributed by atoms with Gasteiger partial charge in [-0.2, -0.15) is 8.78 Å². The van der Waals surface area contributed by atoms with E-state index in [9.17, 15) is 13.6 Å². The Kier molecular flexibility index (Phi) is 5.98. The number of carbonyl (C=O) groups is 1. The minimum absolute atomic E-state index is 0. The molecule has 0 atom stereocenters. The summed E-state index contributed by atoms with van der Waals surface area (Å²) in [5.41, 5.74) is 0.540. The van der Waals surface area contributed by atoms with Gasteiger partial charge in [0.05, 0.1) is 5.92 Å². The van der Waals surface area contributed by atoms with Crippen LogP contribution in [0, 0.1) is 5.92 Å². The predicted molar refractivity (Wildman–Crippen MR) is 68.5 cm³/mol. The van der Waals surface area contributed by atoms with Gasteiger partial charge < -0.3 is 15.4 Å². The largest absolute Gasteiger partial charge is 0.434 e. The lowest BCUT2D eigenvalue weighted by atomic mass is 10.0. The van der Waals surface area contributed by atoms with Gasteiger partial charge in [0.1, 0.15) is 5.75 Å². The average molecular weight is 293 g/mol. The Hall–Kier alpha value is -1.40. The molecule has 4 nitrogen and oxygen atoms in total. The number of rotatable bonds is 5. The minimum atomic E-state index is -2.86. The molecule has 1 aromatic carbocycles. The highest BCUT2D eigenvalue weighted by Crippen LogP contribution is 2.20. The van der Waals surface area contributed by atoms with Crippen LogP contribution in [-0.4, -0.2) is 25.6 Å². The standard InChI is InChI=1S/C12H14F2N2O2.ClH/c13-12(14)18-10-4-2-1-3-8(10)7-16-11(17)9-5-15-6-9;/h1-4,9,12,15H,5-7H2,(H,16,17);1H. The van der Waals surface area contributed by atoms with E-state index < -0.39 is 6.61 Å². The fourth-order valence-electron chi connectivity index (χ4n) is 1.66. The summed E-state index contributed by atoms with van der Waals surface area (Å²) in [4.78, 5) is 11.6. The van der Waals surface area contributed by atoms with E-state index in [1.165, 1.54) is 6.07 Å². The summed E-state index contributed by atoms with van der Waals surface area (Å²) in [6.07, 6.45) is 0. The number of amides is 1. The second kappa shape index (κ2) is 7.25. The molecule has 1 fully saturated rings. The van der Waals surface area contributed by atoms with Gasteiger partial charge in [-0.05, 0) is 6.07 Å². The van der Waals surface area contributed by atoms with Crippen LogP contribution in [0.3, 0.4) is 0 Å². The van der Waals surface area contributed by atoms with E-state index in [4.69, 9.17) is 0 Å². The summed E-state index contributed by atoms with van der Waals surface area (Å²) in [6, 6.07) is 6.43. The van der Waals surface area contributed by atoms with E-state index in [2.05, 4.69) is 15.4 Å². The van der Waals surface area contributed by atoms with Crippen LogP contribution in [0.25, 0.3) is 0 Å². The molecule has 0 saturated carbocycles. The second-order valence-electron chi connectivity index (χ2n) is 4.06. The zero-order valence-corrected chi connectivity index (χ0v) is 10.9. The molecule has 1 saturated heterocycles. The Labute approximate surface area is 115 Å². The second-order valence-corrected chi connectivity index (χ2v) is 4.06. The van der Waals surface area contributed by atoms with Crippen molar-refractivity contribution in [2.75, 3.05) is 13.1 Å². The number of ether oxygens (including phenoxy) is 1. The third-order valence-electron chi connectivity index (χ3n) is 2.79. The highest BCUT2D eigenvalue weighted by molar-refractivity contribution is 5.85. The van der Waals surface area contributed by atoms with Gasteiger partial charge in [-0.1, -0.05) is 18.2 Å². The lowest BCUT2D eigenvalue weighted by Gasteiger charge is -2.25. The maximum Gasteiger partial charge on any atom is 0.387 e. The fourth-order valence-corrected chi connectivity index (χ4v) is 1.66. The van der Waals surface area contributed by atoms with Crippen molar-refractivity contribution in [3.05, 3.63) is 29.8 Å². The first-order chi connectivity index (χ1) is 8.66. The van der Waals surface area contributed by atoms with Crippen molar-refractivity contribution in [2.24, 2.45) is 5.92 Å². The lowest BCUT2D eigenvalue weighted by molar-refractivity contribution is -0.126. The molecule has 2 rings (SSSR count). The van der Waals surface area contributed by atoms with Crippen LogP contribution in [0.2, 0.25) is 0 Å². The summed E-state index contributed by atoms with van der Waals surface area (Å²) in [5, 5.41) is 5.70. The molecule has 1 aromatic rings. The Morgan fingerprint density at radius 1 is 1.42 bits per heavy atom. The lowest BCUT2D eigenvalue weighted by Crippen LogP contribution is -2.50. The fraction of sp³-hybridized carbons (Fsp3) is 0.417. The van der Waals surface area contributed by atoms with Crippen molar-refractivity contribution in [3.8, 4) is 5.75 Å². The summed E-state index contributed by atoms with van der Waals surface area (Å²) in [5.74, 6) is 0.00770. The number of alkyl halides is 2. The monoisotopic (exact) mass is 292 g/mol. The van der Waals surface area contributed by atoms with E-state index in [0.717, 1.165) is 0 Å². The molecular formula is C12H15ClF2N2O2. The number of carbonyl (C=O) groups excluding carboxylic acids is 1. The molecule has 1 aliphatic rings. The maximum atomic E-state index is 12.2. The maximum absolute atomic E-state index is 12.2. The predicted octanol–water partition coefficient (Wildman–Crippen LogP) is 1.55. The Bertz CT molecular complexity index is 428. The SMILES string of the molecule is Cl.O=C(NCc1ccccc1OC(F)F)C1CNC1. The van der Waals surface area contributed by atoms with E-state index in [0.29, 0.717) is 18.7 Å². The third-order valence-corrected chi connectivity index (χ3v) is 2.79. The molecule has 1 heterocycles. The molecule has 0 unspecified atom stereocenters. The van der Waals surface area contributed by atoms with Gasteiger partial charge >= 0.3 is 6.61 Å². The molecule has 0 spiro atoms. The van der Waals surface area contributed by atoms with Crippen LogP contribution in [0.4, 0.5) is 8.78 Å². The van der Waals surface area contributed by atoms with E-state index in [1.807, 2.05) is 0 Å². The van der Waals surface area contributed by atoms with Crippen LogP contribution >= 0.6 is 12.4 Å². The normalized spacial score (nSPS) is 14.5. The molecule has 1 aliphatic heterocycles. The van der Waals surface area contributed by atoms with Crippen molar-refractivity contribution in [2.45, 2.75) is 13.2 Å². The van der Waals surface area contributed by atoms with Crippen molar-refractivity contribution in [3.63, 3.8) is 0 Å². The first-order valence-corrected chi connectivity index (χ1v) is 5.68. The highest BCUT2D eigenvalue weighted by Gasteiger charge is 2.24. The molecule has 0 radical (unpaired) electrons. The zero-order chi connectivity index (χ0) is 13.0. The van der Waals surface area contributed by atoms with Crippen molar-refractivity contribution < 1.29 is 18.3 Å². The molecule has 0 aromatic heterocycles. The zero-order valence-electron chi connectivity index (χ0n) is 10.1. The van der Waals surface area contributed by atoms with Crippen molar-refractivity contribution in [1.29, 1.82) is 0 Å². The molecule has 1 amide bonds. The van der Waals surface area contributed by atoms with Crippen LogP contribution in [-0.2, 0) is 11.3 Å². The molecule has 2 N–H and O–H groups in total. The number of para-hydroxylation sites is 1. The highest BCUT2D eigenvalue weighted by atomic mass is 35.5. The summed E-state index contributed by atoms with van der Waals surface area (Å²) in [7, 11) is 0. The van der Waals surface area contributed by atoms with Crippen molar-refractivity contribution in [1.82, 2.24) is 10.6 Å². The first-order valence-electron chi connectivity index (χ1n) is 5.68. The van der Waals surface area contributed by atoms with Gasteiger partial charge in [0.25, 0.3) is 0 Å². The van der Waals surface area contributed by atoms with Gasteiger partial charge in [0.15, 0.2) is 0 Å². The molecular weight excluding hydrogens is 278 g/mol. The smallest absolute Gasteiger partial charge is 0.387 e. The molecule has 0 aliphatic carbocycles. The van der Waals surface area contributed by atoms with Crippen LogP contribution in [0.5, 0.6) is 5.75 Å². The van der Waals surface area contributed by atoms with Gasteiger partial charge in [0, 0.05) is 25.2 Å². The van der Waals surface area contributed by atoms with Gasteiger partial charge in [-0.3, -0.25) is 4.79 Å². The summed E-state index contributed by atoms with van der Waals surface area (Å²) >= 11 is 0. The van der Waals surface area contributed by atoms with Crippen molar-refractivity contribution >= 4 is 18.3 Å². The van der Waals surface area contributed by atoms with Crippen LogP contribution < -0.4 is 15.4 Å². The number of benzene rings is 1. The van der Waals surface area contributed by atoms with Gasteiger partial charge in [-0.25, -0.2) is 0 Å². The number of halogens is 3. The number of nitrogens with one attached hydrogen (secondary N) is 2. The molecule has 106 valence electrons. The summed E-state index contributed by atoms with van der Waals surface area (Å²) < 4.78 is 28.7. The van der Waals surface area contributed by atoms with E-state index in [-0.39, 0.29) is 36.5 Å². The quantitative estimate of drug-likeness (QED) is 0.866. The number of hydrogen-bond acceptors (Lipinski definition) is 3. The minimum Gasteiger partial charge on any atom is -0.434 e. The van der Waals surface area contributed by atoms with Crippen LogP contribution in [0.1, 0.15) is 5.56 Å². The number of hydrogen-bond donors (Lipinski definition) is 2. The Morgan fingerprint density at radius 3 is 2.68 bits per heavy atom. The third kappa shape index (κ3) is 4.33. The van der Waals surface area contributed by atoms with Crippen LogP contribution in [0.15, 0.2) is 24.3 Å². The van der Waals surface area contributed by atoms with Gasteiger partial charge in [0.2, 0.25) is 5.91 Å². The van der Waals surface area contributed by atoms with Gasteiger partial charge in [-0.15, -0.1) is 12.4 Å². The Balaban J connectivity index is 0.00000180. The Morgan fingerprint density at radius 2 is 2.11 bits per heavy atom.